The summed E-state index contributed by atoms with van der Waals surface area (Å²) < 4.78 is 5.24. The van der Waals surface area contributed by atoms with E-state index in [1.807, 2.05) is 24.3 Å². The van der Waals surface area contributed by atoms with Gasteiger partial charge in [-0.2, -0.15) is 0 Å². The van der Waals surface area contributed by atoms with Crippen molar-refractivity contribution in [3.8, 4) is 5.75 Å². The van der Waals surface area contributed by atoms with Crippen LogP contribution in [0.25, 0.3) is 0 Å². The summed E-state index contributed by atoms with van der Waals surface area (Å²) in [6, 6.07) is 16.3. The molecule has 0 aliphatic heterocycles. The van der Waals surface area contributed by atoms with Gasteiger partial charge in [-0.05, 0) is 18.1 Å². The van der Waals surface area contributed by atoms with Crippen LogP contribution in [0.1, 0.15) is 5.56 Å². The summed E-state index contributed by atoms with van der Waals surface area (Å²) in [7, 11) is 3.72. The molecule has 0 unspecified atom stereocenters. The highest BCUT2D eigenvalue weighted by Gasteiger charge is 2.04. The second-order valence-corrected chi connectivity index (χ2v) is 4.62. The molecule has 3 nitrogen and oxygen atoms in total. The maximum absolute atomic E-state index is 5.87. The van der Waals surface area contributed by atoms with Crippen LogP contribution in [0.5, 0.6) is 5.75 Å². The molecule has 0 radical (unpaired) electrons. The third-order valence-electron chi connectivity index (χ3n) is 3.17. The maximum Gasteiger partial charge on any atom is 0.122 e. The van der Waals surface area contributed by atoms with E-state index in [1.165, 1.54) is 5.56 Å². The molecule has 0 fully saturated rings. The average molecular weight is 256 g/mol. The lowest BCUT2D eigenvalue weighted by molar-refractivity contribution is 0.415. The molecule has 2 aromatic rings. The van der Waals surface area contributed by atoms with Crippen LogP contribution < -0.4 is 15.4 Å². The molecule has 0 atom stereocenters. The van der Waals surface area contributed by atoms with Crippen LogP contribution in [0.2, 0.25) is 0 Å². The Morgan fingerprint density at radius 2 is 1.84 bits per heavy atom. The number of anilines is 2. The van der Waals surface area contributed by atoms with E-state index in [1.54, 1.807) is 7.11 Å². The minimum Gasteiger partial charge on any atom is -0.497 e. The number of methoxy groups -OCH3 is 1. The Morgan fingerprint density at radius 3 is 2.53 bits per heavy atom. The van der Waals surface area contributed by atoms with Crippen molar-refractivity contribution >= 4 is 11.4 Å². The van der Waals surface area contributed by atoms with Crippen LogP contribution in [0, 0.1) is 0 Å². The summed E-state index contributed by atoms with van der Waals surface area (Å²) in [4.78, 5) is 2.19. The van der Waals surface area contributed by atoms with Crippen molar-refractivity contribution in [2.24, 2.45) is 0 Å². The van der Waals surface area contributed by atoms with Gasteiger partial charge in [0.25, 0.3) is 0 Å². The number of hydrogen-bond acceptors (Lipinski definition) is 3. The molecule has 0 bridgehead atoms. The lowest BCUT2D eigenvalue weighted by Gasteiger charge is -2.20. The zero-order valence-electron chi connectivity index (χ0n) is 11.5. The van der Waals surface area contributed by atoms with Gasteiger partial charge < -0.3 is 15.4 Å². The van der Waals surface area contributed by atoms with Gasteiger partial charge in [0.2, 0.25) is 0 Å². The van der Waals surface area contributed by atoms with Gasteiger partial charge in [-0.15, -0.1) is 0 Å². The summed E-state index contributed by atoms with van der Waals surface area (Å²) in [5.74, 6) is 0.793. The molecule has 19 heavy (non-hydrogen) atoms. The first-order valence-electron chi connectivity index (χ1n) is 6.38. The Labute approximate surface area is 114 Å². The lowest BCUT2D eigenvalue weighted by atomic mass is 10.1. The zero-order valence-corrected chi connectivity index (χ0v) is 11.5. The maximum atomic E-state index is 5.87. The molecule has 2 rings (SSSR count). The first-order valence-corrected chi connectivity index (χ1v) is 6.38. The summed E-state index contributed by atoms with van der Waals surface area (Å²) in [6.07, 6.45) is 1.01. The molecular formula is C16H20N2O. The number of nitrogens with zero attached hydrogens (tertiary/aromatic N) is 1. The van der Waals surface area contributed by atoms with Crippen LogP contribution >= 0.6 is 0 Å². The van der Waals surface area contributed by atoms with E-state index in [4.69, 9.17) is 10.5 Å². The number of benzene rings is 2. The van der Waals surface area contributed by atoms with Crippen molar-refractivity contribution in [3.05, 3.63) is 54.1 Å². The van der Waals surface area contributed by atoms with Crippen LogP contribution in [0.3, 0.4) is 0 Å². The molecule has 0 heterocycles. The molecule has 0 saturated carbocycles. The van der Waals surface area contributed by atoms with Crippen LogP contribution in [0.15, 0.2) is 48.5 Å². The highest BCUT2D eigenvalue weighted by molar-refractivity contribution is 5.60. The van der Waals surface area contributed by atoms with Crippen LogP contribution in [-0.2, 0) is 6.42 Å². The molecule has 0 amide bonds. The van der Waals surface area contributed by atoms with Gasteiger partial charge in [0.1, 0.15) is 5.75 Å². The van der Waals surface area contributed by atoms with Gasteiger partial charge in [-0.1, -0.05) is 30.3 Å². The Morgan fingerprint density at radius 1 is 1.11 bits per heavy atom. The van der Waals surface area contributed by atoms with Gasteiger partial charge in [-0.25, -0.2) is 0 Å². The molecule has 2 aromatic carbocycles. The standard InChI is InChI=1S/C16H20N2O/c1-18(9-8-13-6-4-3-5-7-13)15-10-14(17)11-16(12-15)19-2/h3-7,10-12H,8-9,17H2,1-2H3. The van der Waals surface area contributed by atoms with E-state index in [9.17, 15) is 0 Å². The van der Waals surface area contributed by atoms with Gasteiger partial charge in [0.05, 0.1) is 7.11 Å². The molecule has 0 aliphatic carbocycles. The summed E-state index contributed by atoms with van der Waals surface area (Å²) >= 11 is 0. The fraction of sp³-hybridized carbons (Fsp3) is 0.250. The van der Waals surface area contributed by atoms with Crippen molar-refractivity contribution in [1.82, 2.24) is 0 Å². The van der Waals surface area contributed by atoms with Crippen molar-refractivity contribution in [1.29, 1.82) is 0 Å². The second kappa shape index (κ2) is 6.14. The van der Waals surface area contributed by atoms with Gasteiger partial charge in [0.15, 0.2) is 0 Å². The van der Waals surface area contributed by atoms with E-state index in [-0.39, 0.29) is 0 Å². The zero-order chi connectivity index (χ0) is 13.7. The first-order chi connectivity index (χ1) is 9.19. The molecule has 0 aromatic heterocycles. The largest absolute Gasteiger partial charge is 0.497 e. The number of ether oxygens (including phenoxy) is 1. The van der Waals surface area contributed by atoms with E-state index in [2.05, 4.69) is 36.2 Å². The first kappa shape index (κ1) is 13.3. The highest BCUT2D eigenvalue weighted by atomic mass is 16.5. The minimum atomic E-state index is 0.723. The Balaban J connectivity index is 2.03. The van der Waals surface area contributed by atoms with Crippen molar-refractivity contribution in [2.45, 2.75) is 6.42 Å². The van der Waals surface area contributed by atoms with E-state index in [0.717, 1.165) is 30.1 Å². The summed E-state index contributed by atoms with van der Waals surface area (Å²) in [6.45, 7) is 0.941. The Kier molecular flexibility index (Phi) is 4.29. The highest BCUT2D eigenvalue weighted by Crippen LogP contribution is 2.24. The second-order valence-electron chi connectivity index (χ2n) is 4.62. The SMILES string of the molecule is COc1cc(N)cc(N(C)CCc2ccccc2)c1. The minimum absolute atomic E-state index is 0.723. The monoisotopic (exact) mass is 256 g/mol. The van der Waals surface area contributed by atoms with Gasteiger partial charge in [-0.3, -0.25) is 0 Å². The van der Waals surface area contributed by atoms with E-state index < -0.39 is 0 Å². The average Bonchev–Trinajstić information content (AvgIpc) is 2.45. The lowest BCUT2D eigenvalue weighted by Crippen LogP contribution is -2.20. The van der Waals surface area contributed by atoms with Gasteiger partial charge in [0, 0.05) is 37.1 Å². The number of rotatable bonds is 5. The molecule has 100 valence electrons. The number of nitrogens with two attached hydrogens (primary N) is 1. The molecule has 0 spiro atoms. The third kappa shape index (κ3) is 3.65. The van der Waals surface area contributed by atoms with Gasteiger partial charge >= 0.3 is 0 Å². The fourth-order valence-electron chi connectivity index (χ4n) is 2.01. The smallest absolute Gasteiger partial charge is 0.122 e. The molecule has 2 N–H and O–H groups in total. The number of nitrogen functional groups attached to an aromatic ring is 1. The summed E-state index contributed by atoms with van der Waals surface area (Å²) in [5.41, 5.74) is 9.01. The number of likely N-dealkylation sites (N-methyl/N-ethyl adjacent to an activating group) is 1. The van der Waals surface area contributed by atoms with Crippen molar-refractivity contribution < 1.29 is 4.74 Å². The van der Waals surface area contributed by atoms with E-state index in [0.29, 0.717) is 0 Å². The Bertz CT molecular complexity index is 526. The molecule has 0 aliphatic rings. The normalized spacial score (nSPS) is 10.2. The quantitative estimate of drug-likeness (QED) is 0.836. The predicted molar refractivity (Wildman–Crippen MR) is 80.8 cm³/mol. The van der Waals surface area contributed by atoms with Crippen LogP contribution in [0.4, 0.5) is 11.4 Å². The topological polar surface area (TPSA) is 38.5 Å². The van der Waals surface area contributed by atoms with E-state index >= 15 is 0 Å². The van der Waals surface area contributed by atoms with Crippen molar-refractivity contribution in [3.63, 3.8) is 0 Å². The Hall–Kier alpha value is -2.16. The molecule has 3 heteroatoms. The number of hydrogen-bond donors (Lipinski definition) is 1. The molecular weight excluding hydrogens is 236 g/mol. The van der Waals surface area contributed by atoms with Crippen molar-refractivity contribution in [2.75, 3.05) is 31.3 Å². The fourth-order valence-corrected chi connectivity index (χ4v) is 2.01. The third-order valence-corrected chi connectivity index (χ3v) is 3.17. The molecule has 0 saturated heterocycles. The summed E-state index contributed by atoms with van der Waals surface area (Å²) in [5, 5.41) is 0. The van der Waals surface area contributed by atoms with Crippen LogP contribution in [-0.4, -0.2) is 20.7 Å². The predicted octanol–water partition coefficient (Wildman–Crippen LogP) is 2.96.